The summed E-state index contributed by atoms with van der Waals surface area (Å²) in [5, 5.41) is 7.09. The molecule has 0 bridgehead atoms. The minimum absolute atomic E-state index is 0.0708. The average molecular weight is 303 g/mol. The molecule has 7 nitrogen and oxygen atoms in total. The highest BCUT2D eigenvalue weighted by Gasteiger charge is 2.46. The van der Waals surface area contributed by atoms with Crippen LogP contribution in [0.4, 0.5) is 0 Å². The van der Waals surface area contributed by atoms with Crippen LogP contribution in [0.2, 0.25) is 5.02 Å². The predicted molar refractivity (Wildman–Crippen MR) is 59.9 cm³/mol. The van der Waals surface area contributed by atoms with Gasteiger partial charge in [-0.3, -0.25) is 9.13 Å². The van der Waals surface area contributed by atoms with Crippen molar-refractivity contribution in [1.82, 2.24) is 0 Å². The zero-order valence-electron chi connectivity index (χ0n) is 8.13. The van der Waals surface area contributed by atoms with Crippen molar-refractivity contribution in [2.24, 2.45) is 0 Å². The summed E-state index contributed by atoms with van der Waals surface area (Å²) in [4.78, 5) is 35.7. The first-order chi connectivity index (χ1) is 7.53. The Morgan fingerprint density at radius 3 is 1.88 bits per heavy atom. The standard InChI is InChI=1S/C7H9ClO7P2/c8-4-1-2-5(6(9)3-4)7(16(10,11)12)17(13,14)15/h1-3,7,9H,(H2,10,11,12)(H2,13,14,15). The molecule has 0 atom stereocenters. The fourth-order valence-electron chi connectivity index (χ4n) is 1.29. The average Bonchev–Trinajstić information content (AvgIpc) is 2.04. The first kappa shape index (κ1) is 14.7. The molecule has 96 valence electrons. The Kier molecular flexibility index (Phi) is 4.06. The van der Waals surface area contributed by atoms with Gasteiger partial charge in [0.05, 0.1) is 0 Å². The Morgan fingerprint density at radius 2 is 1.53 bits per heavy atom. The first-order valence-electron chi connectivity index (χ1n) is 4.12. The third-order valence-corrected chi connectivity index (χ3v) is 5.78. The van der Waals surface area contributed by atoms with Gasteiger partial charge in [-0.05, 0) is 12.1 Å². The maximum atomic E-state index is 11.1. The number of halogens is 1. The smallest absolute Gasteiger partial charge is 0.345 e. The predicted octanol–water partition coefficient (Wildman–Crippen LogP) is 1.40. The van der Waals surface area contributed by atoms with Gasteiger partial charge in [0.1, 0.15) is 5.75 Å². The Labute approximate surface area is 101 Å². The molecule has 1 rings (SSSR count). The van der Waals surface area contributed by atoms with Crippen molar-refractivity contribution in [2.75, 3.05) is 0 Å². The summed E-state index contributed by atoms with van der Waals surface area (Å²) in [7, 11) is -10.3. The van der Waals surface area contributed by atoms with Crippen molar-refractivity contribution >= 4 is 26.8 Å². The van der Waals surface area contributed by atoms with E-state index in [-0.39, 0.29) is 5.02 Å². The normalized spacial score (nSPS) is 13.1. The molecule has 10 heteroatoms. The van der Waals surface area contributed by atoms with Crippen LogP contribution in [0.25, 0.3) is 0 Å². The zero-order valence-corrected chi connectivity index (χ0v) is 10.7. The van der Waals surface area contributed by atoms with Gasteiger partial charge in [0, 0.05) is 10.6 Å². The van der Waals surface area contributed by atoms with Crippen molar-refractivity contribution in [3.63, 3.8) is 0 Å². The molecule has 17 heavy (non-hydrogen) atoms. The molecule has 1 aromatic rings. The first-order valence-corrected chi connectivity index (χ1v) is 7.86. The van der Waals surface area contributed by atoms with Crippen molar-refractivity contribution in [1.29, 1.82) is 0 Å². The molecule has 0 unspecified atom stereocenters. The quantitative estimate of drug-likeness (QED) is 0.532. The lowest BCUT2D eigenvalue weighted by Crippen LogP contribution is -2.01. The van der Waals surface area contributed by atoms with Crippen molar-refractivity contribution in [3.8, 4) is 5.75 Å². The van der Waals surface area contributed by atoms with E-state index in [1.165, 1.54) is 0 Å². The molecule has 0 saturated heterocycles. The molecule has 0 fully saturated rings. The summed E-state index contributed by atoms with van der Waals surface area (Å²) >= 11 is 5.50. The minimum atomic E-state index is -5.13. The summed E-state index contributed by atoms with van der Waals surface area (Å²) in [6.07, 6.45) is 0. The molecule has 0 saturated carbocycles. The third-order valence-electron chi connectivity index (χ3n) is 1.91. The number of benzene rings is 1. The molecule has 5 N–H and O–H groups in total. The number of aromatic hydroxyl groups is 1. The second-order valence-corrected chi connectivity index (χ2v) is 7.49. The number of phenols is 1. The number of hydrogen-bond donors (Lipinski definition) is 5. The van der Waals surface area contributed by atoms with E-state index in [2.05, 4.69) is 0 Å². The molecule has 0 aliphatic rings. The number of hydrogen-bond acceptors (Lipinski definition) is 3. The topological polar surface area (TPSA) is 135 Å². The fourth-order valence-corrected chi connectivity index (χ4v) is 4.19. The van der Waals surface area contributed by atoms with E-state index in [0.29, 0.717) is 0 Å². The van der Waals surface area contributed by atoms with Crippen LogP contribution >= 0.6 is 26.8 Å². The zero-order chi connectivity index (χ0) is 13.4. The second-order valence-electron chi connectivity index (χ2n) is 3.25. The van der Waals surface area contributed by atoms with E-state index >= 15 is 0 Å². The van der Waals surface area contributed by atoms with E-state index in [9.17, 15) is 14.2 Å². The molecular weight excluding hydrogens is 293 g/mol. The van der Waals surface area contributed by atoms with Gasteiger partial charge in [-0.25, -0.2) is 0 Å². The Bertz CT molecular complexity index is 497. The van der Waals surface area contributed by atoms with Crippen molar-refractivity contribution in [2.45, 2.75) is 5.40 Å². The summed E-state index contributed by atoms with van der Waals surface area (Å²) in [6.45, 7) is 0. The van der Waals surface area contributed by atoms with Crippen LogP contribution in [0, 0.1) is 0 Å². The molecule has 1 aromatic carbocycles. The van der Waals surface area contributed by atoms with Crippen LogP contribution in [0.15, 0.2) is 18.2 Å². The fraction of sp³-hybridized carbons (Fsp3) is 0.143. The van der Waals surface area contributed by atoms with Crippen LogP contribution in [-0.4, -0.2) is 24.7 Å². The van der Waals surface area contributed by atoms with Crippen molar-refractivity contribution in [3.05, 3.63) is 28.8 Å². The van der Waals surface area contributed by atoms with Crippen LogP contribution in [0.1, 0.15) is 11.0 Å². The highest BCUT2D eigenvalue weighted by Crippen LogP contribution is 2.70. The van der Waals surface area contributed by atoms with Gasteiger partial charge in [-0.2, -0.15) is 0 Å². The SMILES string of the molecule is O=P(O)(O)C(c1ccc(Cl)cc1O)P(=O)(O)O. The van der Waals surface area contributed by atoms with Gasteiger partial charge in [0.25, 0.3) is 0 Å². The van der Waals surface area contributed by atoms with Gasteiger partial charge in [0.15, 0.2) is 5.40 Å². The van der Waals surface area contributed by atoms with E-state index in [1.807, 2.05) is 0 Å². The van der Waals surface area contributed by atoms with E-state index < -0.39 is 31.9 Å². The minimum Gasteiger partial charge on any atom is -0.508 e. The summed E-state index contributed by atoms with van der Waals surface area (Å²) < 4.78 is 22.1. The van der Waals surface area contributed by atoms with Gasteiger partial charge >= 0.3 is 15.2 Å². The Hall–Kier alpha value is -0.390. The van der Waals surface area contributed by atoms with Gasteiger partial charge < -0.3 is 24.7 Å². The van der Waals surface area contributed by atoms with Crippen LogP contribution in [0.5, 0.6) is 5.75 Å². The Morgan fingerprint density at radius 1 is 1.06 bits per heavy atom. The van der Waals surface area contributed by atoms with Crippen LogP contribution < -0.4 is 0 Å². The summed E-state index contributed by atoms with van der Waals surface area (Å²) in [5.41, 5.74) is -0.545. The Balaban J connectivity index is 3.44. The van der Waals surface area contributed by atoms with Gasteiger partial charge in [-0.1, -0.05) is 17.7 Å². The number of rotatable bonds is 3. The molecule has 0 heterocycles. The largest absolute Gasteiger partial charge is 0.508 e. The van der Waals surface area contributed by atoms with Gasteiger partial charge in [0.2, 0.25) is 0 Å². The van der Waals surface area contributed by atoms with Crippen LogP contribution in [0.3, 0.4) is 0 Å². The second kappa shape index (κ2) is 4.71. The third kappa shape index (κ3) is 3.53. The molecule has 0 spiro atoms. The van der Waals surface area contributed by atoms with Gasteiger partial charge in [-0.15, -0.1) is 0 Å². The molecular formula is C7H9ClO7P2. The maximum absolute atomic E-state index is 11.1. The van der Waals surface area contributed by atoms with Crippen LogP contribution in [-0.2, 0) is 9.13 Å². The summed E-state index contributed by atoms with van der Waals surface area (Å²) in [6, 6.07) is 3.06. The molecule has 0 radical (unpaired) electrons. The maximum Gasteiger partial charge on any atom is 0.345 e. The molecule has 0 aromatic heterocycles. The lowest BCUT2D eigenvalue weighted by Gasteiger charge is -2.20. The molecule has 0 aliphatic carbocycles. The van der Waals surface area contributed by atoms with E-state index in [4.69, 9.17) is 31.2 Å². The highest BCUT2D eigenvalue weighted by atomic mass is 35.5. The lowest BCUT2D eigenvalue weighted by molar-refractivity contribution is 0.337. The van der Waals surface area contributed by atoms with E-state index in [0.717, 1.165) is 18.2 Å². The lowest BCUT2D eigenvalue weighted by atomic mass is 10.2. The number of phenolic OH excluding ortho intramolecular Hbond substituents is 1. The molecule has 0 aliphatic heterocycles. The molecule has 0 amide bonds. The van der Waals surface area contributed by atoms with Crippen molar-refractivity contribution < 1.29 is 33.8 Å². The summed E-state index contributed by atoms with van der Waals surface area (Å²) in [5.74, 6) is -0.686. The monoisotopic (exact) mass is 302 g/mol. The highest BCUT2D eigenvalue weighted by molar-refractivity contribution is 7.70. The van der Waals surface area contributed by atoms with E-state index in [1.54, 1.807) is 0 Å².